The largest absolute Gasteiger partial charge is 0.467 e. The highest BCUT2D eigenvalue weighted by molar-refractivity contribution is 8.14. The normalized spacial score (nSPS) is 26.6. The van der Waals surface area contributed by atoms with Crippen molar-refractivity contribution in [2.45, 2.75) is 31.5 Å². The first-order chi connectivity index (χ1) is 17.4. The fourth-order valence-electron chi connectivity index (χ4n) is 5.81. The molecule has 2 aromatic carbocycles. The van der Waals surface area contributed by atoms with Gasteiger partial charge in [0.1, 0.15) is 0 Å². The summed E-state index contributed by atoms with van der Waals surface area (Å²) in [6.07, 6.45) is 0.266. The number of rotatable bonds is 7. The molecule has 8 nitrogen and oxygen atoms in total. The van der Waals surface area contributed by atoms with Gasteiger partial charge in [0, 0.05) is 5.56 Å². The number of amidine groups is 1. The Labute approximate surface area is 213 Å². The molecule has 0 radical (unpaired) electrons. The number of amides is 2. The molecule has 0 saturated carbocycles. The number of hydrogen-bond acceptors (Lipinski definition) is 8. The predicted molar refractivity (Wildman–Crippen MR) is 135 cm³/mol. The highest BCUT2D eigenvalue weighted by Gasteiger charge is 2.73. The zero-order chi connectivity index (χ0) is 25.4. The topological polar surface area (TPSA) is 96.4 Å². The molecule has 0 aromatic heterocycles. The summed E-state index contributed by atoms with van der Waals surface area (Å²) in [6.45, 7) is 2.26. The highest BCUT2D eigenvalue weighted by Crippen LogP contribution is 2.53. The summed E-state index contributed by atoms with van der Waals surface area (Å²) in [5.41, 5.74) is 0.0741. The minimum atomic E-state index is -1.36. The Balaban J connectivity index is 1.45. The number of fused-ring (bicyclic) bond motifs is 3. The van der Waals surface area contributed by atoms with Crippen molar-refractivity contribution >= 4 is 40.5 Å². The maximum absolute atomic E-state index is 13.8. The molecule has 0 aliphatic carbocycles. The highest BCUT2D eigenvalue weighted by atomic mass is 32.2. The van der Waals surface area contributed by atoms with Gasteiger partial charge in [-0.1, -0.05) is 79.3 Å². The van der Waals surface area contributed by atoms with E-state index >= 15 is 0 Å². The first-order valence-electron chi connectivity index (χ1n) is 12.0. The summed E-state index contributed by atoms with van der Waals surface area (Å²) < 4.78 is 5.23. The second-order valence-corrected chi connectivity index (χ2v) is 10.1. The van der Waals surface area contributed by atoms with Crippen LogP contribution in [0.5, 0.6) is 0 Å². The average Bonchev–Trinajstić information content (AvgIpc) is 3.54. The van der Waals surface area contributed by atoms with Gasteiger partial charge in [-0.15, -0.1) is 0 Å². The first kappa shape index (κ1) is 24.2. The molecular formula is C27H27N3O5S. The van der Waals surface area contributed by atoms with Gasteiger partial charge < -0.3 is 9.64 Å². The number of carbonyl (C=O) groups excluding carboxylic acids is 4. The monoisotopic (exact) mass is 505 g/mol. The summed E-state index contributed by atoms with van der Waals surface area (Å²) in [5.74, 6) is -2.71. The van der Waals surface area contributed by atoms with Gasteiger partial charge in [-0.2, -0.15) is 0 Å². The Morgan fingerprint density at radius 3 is 2.36 bits per heavy atom. The third kappa shape index (κ3) is 3.64. The van der Waals surface area contributed by atoms with Crippen LogP contribution in [0.3, 0.4) is 0 Å². The van der Waals surface area contributed by atoms with Crippen LogP contribution in [-0.4, -0.2) is 69.5 Å². The number of imide groups is 1. The van der Waals surface area contributed by atoms with Crippen molar-refractivity contribution in [1.29, 1.82) is 0 Å². The number of nitrogens with zero attached hydrogens (tertiary/aromatic N) is 3. The van der Waals surface area contributed by atoms with Crippen molar-refractivity contribution in [1.82, 2.24) is 9.80 Å². The second-order valence-electron chi connectivity index (χ2n) is 9.16. The smallest absolute Gasteiger partial charge is 0.332 e. The van der Waals surface area contributed by atoms with Gasteiger partial charge in [0.25, 0.3) is 0 Å². The van der Waals surface area contributed by atoms with Crippen molar-refractivity contribution in [2.24, 2.45) is 16.8 Å². The van der Waals surface area contributed by atoms with Crippen LogP contribution in [0.1, 0.15) is 29.3 Å². The summed E-state index contributed by atoms with van der Waals surface area (Å²) in [7, 11) is 1.30. The predicted octanol–water partition coefficient (Wildman–Crippen LogP) is 2.78. The van der Waals surface area contributed by atoms with Crippen LogP contribution in [-0.2, 0) is 25.7 Å². The van der Waals surface area contributed by atoms with Crippen LogP contribution in [0.15, 0.2) is 65.7 Å². The summed E-state index contributed by atoms with van der Waals surface area (Å²) in [5, 5.41) is 0.501. The molecule has 2 aromatic rings. The standard InChI is InChI=1S/C27H27N3O5S/c1-3-27(25(34)35-2)22-21(23(32)29(24(22)33)15-17-10-6-4-7-11-17)19-14-28-26(30(19)27)36-16-20(31)18-12-8-5-9-13-18/h4-13,19,21-22H,3,14-16H2,1-2H3/t19-,21+,22-,27-/m1/s1. The van der Waals surface area contributed by atoms with E-state index in [2.05, 4.69) is 4.99 Å². The molecule has 0 N–H and O–H groups in total. The molecule has 2 amide bonds. The van der Waals surface area contributed by atoms with Crippen molar-refractivity contribution < 1.29 is 23.9 Å². The number of aliphatic imine (C=N–C) groups is 1. The zero-order valence-electron chi connectivity index (χ0n) is 20.1. The lowest BCUT2D eigenvalue weighted by molar-refractivity contribution is -0.158. The van der Waals surface area contributed by atoms with Gasteiger partial charge >= 0.3 is 5.97 Å². The lowest BCUT2D eigenvalue weighted by Crippen LogP contribution is -2.59. The third-order valence-electron chi connectivity index (χ3n) is 7.44. The van der Waals surface area contributed by atoms with E-state index in [1.54, 1.807) is 24.3 Å². The first-order valence-corrected chi connectivity index (χ1v) is 12.9. The van der Waals surface area contributed by atoms with Crippen LogP contribution >= 0.6 is 11.8 Å². The number of ketones is 1. The number of Topliss-reactive ketones (excluding diaryl/α,β-unsaturated/α-hetero) is 1. The zero-order valence-corrected chi connectivity index (χ0v) is 20.9. The second kappa shape index (κ2) is 9.54. The quantitative estimate of drug-likeness (QED) is 0.324. The van der Waals surface area contributed by atoms with Gasteiger partial charge in [0.05, 0.1) is 43.8 Å². The van der Waals surface area contributed by atoms with Crippen molar-refractivity contribution in [2.75, 3.05) is 19.4 Å². The molecule has 0 bridgehead atoms. The number of thioether (sulfide) groups is 1. The maximum Gasteiger partial charge on any atom is 0.332 e. The molecule has 3 heterocycles. The molecule has 4 atom stereocenters. The van der Waals surface area contributed by atoms with E-state index in [1.807, 2.05) is 48.2 Å². The van der Waals surface area contributed by atoms with E-state index in [1.165, 1.54) is 23.8 Å². The molecule has 9 heteroatoms. The van der Waals surface area contributed by atoms with Crippen molar-refractivity contribution in [3.05, 3.63) is 71.8 Å². The maximum atomic E-state index is 13.8. The van der Waals surface area contributed by atoms with E-state index in [0.29, 0.717) is 10.7 Å². The Kier molecular flexibility index (Phi) is 6.42. The summed E-state index contributed by atoms with van der Waals surface area (Å²) in [6, 6.07) is 17.9. The number of hydrogen-bond donors (Lipinski definition) is 0. The van der Waals surface area contributed by atoms with Gasteiger partial charge in [0.15, 0.2) is 16.5 Å². The molecule has 36 heavy (non-hydrogen) atoms. The van der Waals surface area contributed by atoms with Crippen molar-refractivity contribution in [3.8, 4) is 0 Å². The Morgan fingerprint density at radius 1 is 1.06 bits per heavy atom. The van der Waals surface area contributed by atoms with E-state index in [9.17, 15) is 19.2 Å². The molecular weight excluding hydrogens is 478 g/mol. The fourth-order valence-corrected chi connectivity index (χ4v) is 6.84. The van der Waals surface area contributed by atoms with Crippen LogP contribution in [0, 0.1) is 11.8 Å². The lowest BCUT2D eigenvalue weighted by Gasteiger charge is -2.39. The molecule has 2 fully saturated rings. The van der Waals surface area contributed by atoms with Gasteiger partial charge in [-0.25, -0.2) is 4.79 Å². The number of esters is 1. The Morgan fingerprint density at radius 2 is 1.72 bits per heavy atom. The fraction of sp³-hybridized carbons (Fsp3) is 0.370. The number of carbonyl (C=O) groups is 4. The number of likely N-dealkylation sites (tertiary alicyclic amines) is 1. The summed E-state index contributed by atoms with van der Waals surface area (Å²) >= 11 is 1.24. The van der Waals surface area contributed by atoms with E-state index in [0.717, 1.165) is 5.56 Å². The lowest BCUT2D eigenvalue weighted by atomic mass is 9.78. The Hall–Kier alpha value is -3.46. The number of methoxy groups -OCH3 is 1. The molecule has 0 spiro atoms. The molecule has 3 aliphatic rings. The molecule has 3 aliphatic heterocycles. The third-order valence-corrected chi connectivity index (χ3v) is 8.43. The van der Waals surface area contributed by atoms with Crippen LogP contribution in [0.2, 0.25) is 0 Å². The Bertz CT molecular complexity index is 1230. The van der Waals surface area contributed by atoms with E-state index in [-0.39, 0.29) is 42.9 Å². The van der Waals surface area contributed by atoms with E-state index in [4.69, 9.17) is 4.74 Å². The molecule has 186 valence electrons. The number of benzene rings is 2. The van der Waals surface area contributed by atoms with Crippen molar-refractivity contribution in [3.63, 3.8) is 0 Å². The van der Waals surface area contributed by atoms with Crippen LogP contribution in [0.4, 0.5) is 0 Å². The molecule has 0 unspecified atom stereocenters. The van der Waals surface area contributed by atoms with Crippen LogP contribution in [0.25, 0.3) is 0 Å². The molecule has 5 rings (SSSR count). The SMILES string of the molecule is CC[C@]1(C(=O)OC)[C@H]2C(=O)N(Cc3ccccc3)C(=O)[C@H]2[C@H]2CN=C(SCC(=O)c3ccccc3)N21. The van der Waals surface area contributed by atoms with E-state index < -0.39 is 29.4 Å². The average molecular weight is 506 g/mol. The minimum Gasteiger partial charge on any atom is -0.467 e. The van der Waals surface area contributed by atoms with Gasteiger partial charge in [-0.05, 0) is 12.0 Å². The van der Waals surface area contributed by atoms with Gasteiger partial charge in [0.2, 0.25) is 11.8 Å². The van der Waals surface area contributed by atoms with Gasteiger partial charge in [-0.3, -0.25) is 24.3 Å². The molecule has 2 saturated heterocycles. The minimum absolute atomic E-state index is 0.0625. The summed E-state index contributed by atoms with van der Waals surface area (Å²) in [4.78, 5) is 61.2. The number of ether oxygens (including phenoxy) is 1. The van der Waals surface area contributed by atoms with Crippen LogP contribution < -0.4 is 0 Å².